The summed E-state index contributed by atoms with van der Waals surface area (Å²) in [5.74, 6) is 0.000729. The number of likely N-dealkylation sites (tertiary alicyclic amines) is 1. The Labute approximate surface area is 200 Å². The van der Waals surface area contributed by atoms with Crippen LogP contribution in [0.4, 0.5) is 9.52 Å². The van der Waals surface area contributed by atoms with E-state index in [1.165, 1.54) is 29.0 Å². The number of carbonyl (C=O) groups excluding carboxylic acids is 2. The van der Waals surface area contributed by atoms with E-state index in [9.17, 15) is 14.0 Å². The summed E-state index contributed by atoms with van der Waals surface area (Å²) in [5.41, 5.74) is 2.28. The van der Waals surface area contributed by atoms with Crippen molar-refractivity contribution in [3.05, 3.63) is 71.5 Å². The predicted octanol–water partition coefficient (Wildman–Crippen LogP) is 4.43. The number of aryl methyl sites for hydroxylation is 1. The number of nitrogens with one attached hydrogen (secondary N) is 1. The summed E-state index contributed by atoms with van der Waals surface area (Å²) in [4.78, 5) is 26.7. The summed E-state index contributed by atoms with van der Waals surface area (Å²) in [7, 11) is 0. The molecule has 2 aromatic carbocycles. The molecule has 33 heavy (non-hydrogen) atoms. The van der Waals surface area contributed by atoms with Gasteiger partial charge in [-0.25, -0.2) is 4.39 Å². The Hall–Kier alpha value is -2.78. The smallest absolute Gasteiger partial charge is 0.231 e. The van der Waals surface area contributed by atoms with Gasteiger partial charge in [-0.2, -0.15) is 0 Å². The molecule has 1 saturated heterocycles. The van der Waals surface area contributed by atoms with Crippen LogP contribution < -0.4 is 5.32 Å². The molecule has 1 aromatic heterocycles. The minimum absolute atomic E-state index is 0.0378. The van der Waals surface area contributed by atoms with E-state index in [0.29, 0.717) is 24.6 Å². The van der Waals surface area contributed by atoms with E-state index in [0.717, 1.165) is 28.5 Å². The van der Waals surface area contributed by atoms with E-state index < -0.39 is 5.92 Å². The van der Waals surface area contributed by atoms with Crippen molar-refractivity contribution in [1.82, 2.24) is 15.1 Å². The predicted molar refractivity (Wildman–Crippen MR) is 129 cm³/mol. The summed E-state index contributed by atoms with van der Waals surface area (Å²) >= 11 is 2.99. The zero-order valence-electron chi connectivity index (χ0n) is 18.1. The molecule has 2 amide bonds. The zero-order chi connectivity index (χ0) is 23.0. The number of aromatic nitrogens is 2. The van der Waals surface area contributed by atoms with Gasteiger partial charge in [0, 0.05) is 25.3 Å². The van der Waals surface area contributed by atoms with Crippen molar-refractivity contribution in [3.63, 3.8) is 0 Å². The molecule has 0 aliphatic carbocycles. The van der Waals surface area contributed by atoms with Gasteiger partial charge in [0.25, 0.3) is 0 Å². The van der Waals surface area contributed by atoms with Crippen LogP contribution in [0.2, 0.25) is 0 Å². The first-order chi connectivity index (χ1) is 16.1. The molecular weight excluding hydrogens is 459 g/mol. The van der Waals surface area contributed by atoms with Crippen molar-refractivity contribution in [1.29, 1.82) is 0 Å². The number of rotatable bonds is 10. The lowest BCUT2D eigenvalue weighted by molar-refractivity contribution is -0.128. The molecule has 172 valence electrons. The van der Waals surface area contributed by atoms with E-state index in [1.807, 2.05) is 18.2 Å². The topological polar surface area (TPSA) is 75.2 Å². The number of hydrogen-bond donors (Lipinski definition) is 1. The third-order valence-corrected chi connectivity index (χ3v) is 7.54. The Bertz CT molecular complexity index is 1080. The van der Waals surface area contributed by atoms with E-state index in [4.69, 9.17) is 0 Å². The fraction of sp³-hybridized carbons (Fsp3) is 0.333. The fourth-order valence-electron chi connectivity index (χ4n) is 3.69. The lowest BCUT2D eigenvalue weighted by atomic mass is 10.1. The largest absolute Gasteiger partial charge is 0.342 e. The van der Waals surface area contributed by atoms with Gasteiger partial charge in [-0.05, 0) is 42.5 Å². The number of hydrogen-bond acceptors (Lipinski definition) is 6. The minimum Gasteiger partial charge on any atom is -0.342 e. The molecule has 6 nitrogen and oxygen atoms in total. The molecule has 4 rings (SSSR count). The third kappa shape index (κ3) is 6.85. The van der Waals surface area contributed by atoms with Crippen molar-refractivity contribution in [2.75, 3.05) is 24.2 Å². The average molecular weight is 485 g/mol. The Balaban J connectivity index is 1.19. The van der Waals surface area contributed by atoms with Gasteiger partial charge < -0.3 is 10.2 Å². The van der Waals surface area contributed by atoms with Crippen LogP contribution in [-0.2, 0) is 22.4 Å². The summed E-state index contributed by atoms with van der Waals surface area (Å²) in [6.45, 7) is 0.891. The maximum absolute atomic E-state index is 13.0. The number of carbonyl (C=O) groups is 2. The lowest BCUT2D eigenvalue weighted by Crippen LogP contribution is -2.30. The average Bonchev–Trinajstić information content (AvgIpc) is 3.43. The van der Waals surface area contributed by atoms with Crippen LogP contribution >= 0.6 is 23.1 Å². The van der Waals surface area contributed by atoms with Crippen molar-refractivity contribution in [2.45, 2.75) is 30.0 Å². The lowest BCUT2D eigenvalue weighted by Gasteiger charge is -2.16. The van der Waals surface area contributed by atoms with Gasteiger partial charge >= 0.3 is 0 Å². The van der Waals surface area contributed by atoms with Crippen LogP contribution in [0, 0.1) is 11.7 Å². The Morgan fingerprint density at radius 1 is 1.09 bits per heavy atom. The minimum atomic E-state index is -0.406. The number of anilines is 1. The molecule has 0 bridgehead atoms. The van der Waals surface area contributed by atoms with Crippen molar-refractivity contribution >= 4 is 40.0 Å². The first-order valence-corrected chi connectivity index (χ1v) is 12.7. The molecule has 0 radical (unpaired) electrons. The third-order valence-electron chi connectivity index (χ3n) is 5.48. The molecule has 1 aliphatic rings. The summed E-state index contributed by atoms with van der Waals surface area (Å²) in [6.07, 6.45) is 2.87. The van der Waals surface area contributed by atoms with Gasteiger partial charge in [-0.3, -0.25) is 9.59 Å². The molecule has 1 fully saturated rings. The molecule has 9 heteroatoms. The number of halogens is 1. The highest BCUT2D eigenvalue weighted by atomic mass is 32.2. The molecule has 1 aliphatic heterocycles. The molecule has 0 saturated carbocycles. The highest BCUT2D eigenvalue weighted by Crippen LogP contribution is 2.27. The zero-order valence-corrected chi connectivity index (χ0v) is 19.7. The van der Waals surface area contributed by atoms with Crippen LogP contribution in [0.25, 0.3) is 0 Å². The van der Waals surface area contributed by atoms with Gasteiger partial charge in [0.1, 0.15) is 5.82 Å². The SMILES string of the molecule is O=C(Nc1nnc(SCCCc2ccccc2)s1)C1CC(=O)N(CCc2ccc(F)cc2)C1. The number of amides is 2. The van der Waals surface area contributed by atoms with Crippen molar-refractivity contribution in [2.24, 2.45) is 5.92 Å². The monoisotopic (exact) mass is 484 g/mol. The van der Waals surface area contributed by atoms with Crippen LogP contribution in [-0.4, -0.2) is 45.8 Å². The van der Waals surface area contributed by atoms with Crippen LogP contribution in [0.15, 0.2) is 58.9 Å². The maximum Gasteiger partial charge on any atom is 0.231 e. The van der Waals surface area contributed by atoms with E-state index in [2.05, 4.69) is 27.6 Å². The number of benzene rings is 2. The van der Waals surface area contributed by atoms with Gasteiger partial charge in [-0.15, -0.1) is 10.2 Å². The molecule has 1 N–H and O–H groups in total. The molecule has 1 unspecified atom stereocenters. The normalized spacial score (nSPS) is 15.7. The molecule has 0 spiro atoms. The highest BCUT2D eigenvalue weighted by molar-refractivity contribution is 8.01. The Morgan fingerprint density at radius 3 is 2.64 bits per heavy atom. The molecular formula is C24H25FN4O2S2. The summed E-state index contributed by atoms with van der Waals surface area (Å²) in [5, 5.41) is 11.5. The second kappa shape index (κ2) is 11.4. The van der Waals surface area contributed by atoms with Gasteiger partial charge in [0.15, 0.2) is 4.34 Å². The summed E-state index contributed by atoms with van der Waals surface area (Å²) in [6, 6.07) is 16.6. The second-order valence-corrected chi connectivity index (χ2v) is 10.2. The maximum atomic E-state index is 13.0. The molecule has 3 aromatic rings. The Morgan fingerprint density at radius 2 is 1.85 bits per heavy atom. The quantitative estimate of drug-likeness (QED) is 0.262. The standard InChI is InChI=1S/C24H25FN4O2S2/c25-20-10-8-18(9-11-20)12-13-29-16-19(15-21(29)30)22(31)26-23-27-28-24(33-23)32-14-4-7-17-5-2-1-3-6-17/h1-3,5-6,8-11,19H,4,7,12-16H2,(H,26,27,31). The van der Waals surface area contributed by atoms with Crippen LogP contribution in [0.1, 0.15) is 24.0 Å². The number of nitrogens with zero attached hydrogens (tertiary/aromatic N) is 3. The van der Waals surface area contributed by atoms with Crippen LogP contribution in [0.5, 0.6) is 0 Å². The highest BCUT2D eigenvalue weighted by Gasteiger charge is 2.34. The fourth-order valence-corrected chi connectivity index (χ4v) is 5.45. The molecule has 2 heterocycles. The first kappa shape index (κ1) is 23.4. The molecule has 1 atom stereocenters. The first-order valence-electron chi connectivity index (χ1n) is 10.9. The van der Waals surface area contributed by atoms with Crippen LogP contribution in [0.3, 0.4) is 0 Å². The summed E-state index contributed by atoms with van der Waals surface area (Å²) < 4.78 is 13.9. The van der Waals surface area contributed by atoms with E-state index >= 15 is 0 Å². The van der Waals surface area contributed by atoms with Crippen molar-refractivity contribution in [3.8, 4) is 0 Å². The van der Waals surface area contributed by atoms with Gasteiger partial charge in [-0.1, -0.05) is 65.6 Å². The van der Waals surface area contributed by atoms with Crippen molar-refractivity contribution < 1.29 is 14.0 Å². The van der Waals surface area contributed by atoms with E-state index in [1.54, 1.807) is 28.8 Å². The Kier molecular flexibility index (Phi) is 8.06. The van der Waals surface area contributed by atoms with Gasteiger partial charge in [0.2, 0.25) is 16.9 Å². The number of thioether (sulfide) groups is 1. The second-order valence-electron chi connectivity index (χ2n) is 7.92. The van der Waals surface area contributed by atoms with Gasteiger partial charge in [0.05, 0.1) is 5.92 Å². The van der Waals surface area contributed by atoms with E-state index in [-0.39, 0.29) is 24.1 Å².